The summed E-state index contributed by atoms with van der Waals surface area (Å²) in [5.41, 5.74) is 2.77. The van der Waals surface area contributed by atoms with Crippen LogP contribution in [0, 0.1) is 5.92 Å². The molecule has 0 aromatic carbocycles. The fourth-order valence-electron chi connectivity index (χ4n) is 1.87. The molecule has 1 unspecified atom stereocenters. The van der Waals surface area contributed by atoms with Crippen molar-refractivity contribution in [1.82, 2.24) is 10.4 Å². The van der Waals surface area contributed by atoms with Gasteiger partial charge in [-0.2, -0.15) is 0 Å². The van der Waals surface area contributed by atoms with Crippen molar-refractivity contribution in [2.75, 3.05) is 13.1 Å². The van der Waals surface area contributed by atoms with Crippen LogP contribution in [0.25, 0.3) is 0 Å². The first-order valence-electron chi connectivity index (χ1n) is 6.13. The molecule has 1 amide bonds. The third kappa shape index (κ3) is 3.06. The first-order valence-corrected chi connectivity index (χ1v) is 6.13. The first kappa shape index (κ1) is 12.1. The van der Waals surface area contributed by atoms with Crippen LogP contribution in [-0.2, 0) is 9.63 Å². The van der Waals surface area contributed by atoms with Gasteiger partial charge in [0.05, 0.1) is 0 Å². The summed E-state index contributed by atoms with van der Waals surface area (Å²) in [7, 11) is 0. The van der Waals surface area contributed by atoms with Crippen molar-refractivity contribution in [3.8, 4) is 0 Å². The van der Waals surface area contributed by atoms with Crippen LogP contribution in [-0.4, -0.2) is 36.0 Å². The predicted molar refractivity (Wildman–Crippen MR) is 65.2 cm³/mol. The van der Waals surface area contributed by atoms with Gasteiger partial charge in [0.1, 0.15) is 5.84 Å². The zero-order valence-corrected chi connectivity index (χ0v) is 10.3. The number of rotatable bonds is 3. The van der Waals surface area contributed by atoms with E-state index < -0.39 is 0 Å². The van der Waals surface area contributed by atoms with Crippen molar-refractivity contribution < 1.29 is 9.63 Å². The van der Waals surface area contributed by atoms with E-state index in [0.717, 1.165) is 31.8 Å². The molecule has 1 saturated heterocycles. The molecule has 0 saturated carbocycles. The molecule has 2 aliphatic heterocycles. The van der Waals surface area contributed by atoms with Gasteiger partial charge in [-0.25, -0.2) is 9.83 Å². The number of amides is 1. The maximum Gasteiger partial charge on any atom is 0.246 e. The Kier molecular flexibility index (Phi) is 3.78. The van der Waals surface area contributed by atoms with Crippen LogP contribution >= 0.6 is 0 Å². The molecular weight excluding hydrogens is 218 g/mol. The quantitative estimate of drug-likeness (QED) is 0.747. The SMILES string of the molecule is CC(C)C1=NC(/C=C/C(=O)N2CCCC2)ON1. The number of likely N-dealkylation sites (tertiary alicyclic amines) is 1. The lowest BCUT2D eigenvalue weighted by Crippen LogP contribution is -2.26. The van der Waals surface area contributed by atoms with Gasteiger partial charge in [-0.15, -0.1) is 0 Å². The zero-order valence-electron chi connectivity index (χ0n) is 10.3. The van der Waals surface area contributed by atoms with E-state index in [9.17, 15) is 4.79 Å². The van der Waals surface area contributed by atoms with Gasteiger partial charge in [0.15, 0.2) is 6.23 Å². The number of nitrogens with one attached hydrogen (secondary N) is 1. The van der Waals surface area contributed by atoms with Crippen LogP contribution in [0.15, 0.2) is 17.1 Å². The number of hydrogen-bond donors (Lipinski definition) is 1. The number of carbonyl (C=O) groups is 1. The number of hydrogen-bond acceptors (Lipinski definition) is 4. The van der Waals surface area contributed by atoms with E-state index in [1.165, 1.54) is 0 Å². The van der Waals surface area contributed by atoms with Crippen LogP contribution < -0.4 is 5.48 Å². The summed E-state index contributed by atoms with van der Waals surface area (Å²) >= 11 is 0. The second-order valence-corrected chi connectivity index (χ2v) is 4.67. The fraction of sp³-hybridized carbons (Fsp3) is 0.667. The largest absolute Gasteiger partial charge is 0.339 e. The Morgan fingerprint density at radius 3 is 2.82 bits per heavy atom. The van der Waals surface area contributed by atoms with Gasteiger partial charge in [-0.05, 0) is 18.9 Å². The van der Waals surface area contributed by atoms with Gasteiger partial charge in [0.2, 0.25) is 5.91 Å². The van der Waals surface area contributed by atoms with Crippen LogP contribution in [0.2, 0.25) is 0 Å². The molecule has 0 bridgehead atoms. The summed E-state index contributed by atoms with van der Waals surface area (Å²) < 4.78 is 0. The minimum absolute atomic E-state index is 0.0549. The number of aliphatic imine (C=N–C) groups is 1. The molecular formula is C12H19N3O2. The smallest absolute Gasteiger partial charge is 0.246 e. The van der Waals surface area contributed by atoms with Crippen LogP contribution in [0.1, 0.15) is 26.7 Å². The highest BCUT2D eigenvalue weighted by atomic mass is 16.7. The van der Waals surface area contributed by atoms with E-state index in [2.05, 4.69) is 10.5 Å². The Labute approximate surface area is 101 Å². The van der Waals surface area contributed by atoms with E-state index in [0.29, 0.717) is 5.92 Å². The molecule has 2 aliphatic rings. The maximum atomic E-state index is 11.7. The predicted octanol–water partition coefficient (Wildman–Crippen LogP) is 1.08. The Balaban J connectivity index is 1.86. The van der Waals surface area contributed by atoms with Crippen LogP contribution in [0.5, 0.6) is 0 Å². The molecule has 17 heavy (non-hydrogen) atoms. The van der Waals surface area contributed by atoms with Crippen molar-refractivity contribution in [1.29, 1.82) is 0 Å². The second kappa shape index (κ2) is 5.31. The monoisotopic (exact) mass is 237 g/mol. The van der Waals surface area contributed by atoms with Crippen LogP contribution in [0.3, 0.4) is 0 Å². The first-order chi connectivity index (χ1) is 8.16. The van der Waals surface area contributed by atoms with Gasteiger partial charge in [-0.1, -0.05) is 13.8 Å². The molecule has 94 valence electrons. The van der Waals surface area contributed by atoms with E-state index >= 15 is 0 Å². The highest BCUT2D eigenvalue weighted by molar-refractivity contribution is 5.88. The molecule has 0 aromatic rings. The number of carbonyl (C=O) groups excluding carboxylic acids is 1. The molecule has 0 aliphatic carbocycles. The van der Waals surface area contributed by atoms with Crippen molar-refractivity contribution in [2.45, 2.75) is 32.9 Å². The number of nitrogens with zero attached hydrogens (tertiary/aromatic N) is 2. The highest BCUT2D eigenvalue weighted by Crippen LogP contribution is 2.10. The van der Waals surface area contributed by atoms with Gasteiger partial charge in [0, 0.05) is 25.1 Å². The summed E-state index contributed by atoms with van der Waals surface area (Å²) in [5.74, 6) is 1.19. The molecule has 0 radical (unpaired) electrons. The van der Waals surface area contributed by atoms with Crippen molar-refractivity contribution in [3.63, 3.8) is 0 Å². The Bertz CT molecular complexity index is 344. The third-order valence-electron chi connectivity index (χ3n) is 2.92. The fourth-order valence-corrected chi connectivity index (χ4v) is 1.87. The molecule has 1 N–H and O–H groups in total. The average molecular weight is 237 g/mol. The average Bonchev–Trinajstić information content (AvgIpc) is 2.97. The summed E-state index contributed by atoms with van der Waals surface area (Å²) in [6.45, 7) is 5.81. The summed E-state index contributed by atoms with van der Waals surface area (Å²) in [5, 5.41) is 0. The van der Waals surface area contributed by atoms with Crippen molar-refractivity contribution >= 4 is 11.7 Å². The Morgan fingerprint density at radius 2 is 2.24 bits per heavy atom. The standard InChI is InChI=1S/C12H19N3O2/c1-9(2)12-13-10(17-14-12)5-6-11(16)15-7-3-4-8-15/h5-6,9-10H,3-4,7-8H2,1-2H3,(H,13,14)/b6-5+. The minimum atomic E-state index is -0.376. The summed E-state index contributed by atoms with van der Waals surface area (Å²) in [6.07, 6.45) is 5.10. The maximum absolute atomic E-state index is 11.7. The molecule has 1 fully saturated rings. The lowest BCUT2D eigenvalue weighted by molar-refractivity contribution is -0.125. The summed E-state index contributed by atoms with van der Waals surface area (Å²) in [4.78, 5) is 23.1. The molecule has 2 rings (SSSR count). The van der Waals surface area contributed by atoms with Gasteiger partial charge in [-0.3, -0.25) is 10.3 Å². The Hall–Kier alpha value is -1.36. The molecule has 5 nitrogen and oxygen atoms in total. The minimum Gasteiger partial charge on any atom is -0.339 e. The zero-order chi connectivity index (χ0) is 12.3. The topological polar surface area (TPSA) is 53.9 Å². The third-order valence-corrected chi connectivity index (χ3v) is 2.92. The van der Waals surface area contributed by atoms with E-state index in [1.807, 2.05) is 18.7 Å². The Morgan fingerprint density at radius 1 is 1.53 bits per heavy atom. The highest BCUT2D eigenvalue weighted by Gasteiger charge is 2.19. The van der Waals surface area contributed by atoms with Gasteiger partial charge >= 0.3 is 0 Å². The number of hydroxylamine groups is 1. The summed E-state index contributed by atoms with van der Waals surface area (Å²) in [6, 6.07) is 0. The molecule has 0 spiro atoms. The van der Waals surface area contributed by atoms with Gasteiger partial charge in [0.25, 0.3) is 0 Å². The van der Waals surface area contributed by atoms with Crippen LogP contribution in [0.4, 0.5) is 0 Å². The molecule has 5 heteroatoms. The normalized spacial score (nSPS) is 24.5. The van der Waals surface area contributed by atoms with Gasteiger partial charge < -0.3 is 4.90 Å². The lowest BCUT2D eigenvalue weighted by atomic mass is 10.2. The van der Waals surface area contributed by atoms with E-state index in [4.69, 9.17) is 4.84 Å². The van der Waals surface area contributed by atoms with E-state index in [1.54, 1.807) is 12.2 Å². The molecule has 0 aromatic heterocycles. The van der Waals surface area contributed by atoms with Crippen molar-refractivity contribution in [3.05, 3.63) is 12.2 Å². The molecule has 2 heterocycles. The number of amidine groups is 1. The molecule has 1 atom stereocenters. The lowest BCUT2D eigenvalue weighted by Gasteiger charge is -2.11. The van der Waals surface area contributed by atoms with E-state index in [-0.39, 0.29) is 12.1 Å². The van der Waals surface area contributed by atoms with Crippen molar-refractivity contribution in [2.24, 2.45) is 10.9 Å². The second-order valence-electron chi connectivity index (χ2n) is 4.67.